The molecule has 0 saturated carbocycles. The minimum absolute atomic E-state index is 1.16. The first-order valence-corrected chi connectivity index (χ1v) is 17.9. The van der Waals surface area contributed by atoms with Gasteiger partial charge in [0.2, 0.25) is 0 Å². The van der Waals surface area contributed by atoms with E-state index in [1.54, 1.807) is 22.7 Å². The number of benzene rings is 8. The summed E-state index contributed by atoms with van der Waals surface area (Å²) >= 11 is 3.54. The molecule has 0 N–H and O–H groups in total. The van der Waals surface area contributed by atoms with Gasteiger partial charge in [-0.2, -0.15) is 0 Å². The van der Waals surface area contributed by atoms with Crippen molar-refractivity contribution in [3.05, 3.63) is 168 Å². The molecule has 0 radical (unpaired) electrons. The Morgan fingerprint density at radius 2 is 0.750 bits per heavy atom. The lowest BCUT2D eigenvalue weighted by molar-refractivity contribution is 1.34. The molecule has 0 amide bonds. The van der Waals surface area contributed by atoms with Crippen LogP contribution in [0.2, 0.25) is 0 Å². The summed E-state index contributed by atoms with van der Waals surface area (Å²) in [7, 11) is 0. The van der Waals surface area contributed by atoms with Crippen molar-refractivity contribution >= 4 is 109 Å². The zero-order valence-electron chi connectivity index (χ0n) is 25.9. The second-order valence-corrected chi connectivity index (χ2v) is 14.1. The Morgan fingerprint density at radius 1 is 0.333 bits per heavy atom. The molecule has 8 aromatic carbocycles. The van der Waals surface area contributed by atoms with Gasteiger partial charge in [-0.25, -0.2) is 0 Å². The van der Waals surface area contributed by atoms with Crippen LogP contribution in [0.1, 0.15) is 0 Å². The quantitative estimate of drug-likeness (QED) is 0.166. The molecule has 0 aliphatic rings. The lowest BCUT2D eigenvalue weighted by atomic mass is 9.92. The molecular formula is C44H28N2S2. The first-order valence-electron chi connectivity index (χ1n) is 16.2. The molecule has 10 aromatic rings. The smallest absolute Gasteiger partial charge is 0.0999 e. The Morgan fingerprint density at radius 3 is 1.19 bits per heavy atom. The third-order valence-corrected chi connectivity index (χ3v) is 11.2. The molecule has 2 nitrogen and oxygen atoms in total. The topological polar surface area (TPSA) is 6.48 Å². The fourth-order valence-electron chi connectivity index (χ4n) is 7.36. The van der Waals surface area contributed by atoms with Gasteiger partial charge >= 0.3 is 0 Å². The maximum absolute atomic E-state index is 2.43. The van der Waals surface area contributed by atoms with Crippen LogP contribution >= 0.6 is 22.7 Å². The van der Waals surface area contributed by atoms with Crippen molar-refractivity contribution in [3.63, 3.8) is 0 Å². The Labute approximate surface area is 286 Å². The van der Waals surface area contributed by atoms with E-state index in [1.807, 2.05) is 0 Å². The molecule has 10 rings (SSSR count). The fraction of sp³-hybridized carbons (Fsp3) is 0. The van der Waals surface area contributed by atoms with Crippen LogP contribution in [0.25, 0.3) is 53.9 Å². The third kappa shape index (κ3) is 4.31. The molecule has 0 aliphatic heterocycles. The summed E-state index contributed by atoms with van der Waals surface area (Å²) in [6.45, 7) is 0. The fourth-order valence-corrected chi connectivity index (χ4v) is 8.88. The van der Waals surface area contributed by atoms with Crippen LogP contribution in [0.3, 0.4) is 0 Å². The molecule has 0 saturated heterocycles. The number of nitrogens with zero attached hydrogens (tertiary/aromatic N) is 2. The van der Waals surface area contributed by atoms with Gasteiger partial charge in [0.25, 0.3) is 0 Å². The van der Waals surface area contributed by atoms with E-state index in [9.17, 15) is 0 Å². The Bertz CT molecular complexity index is 2550. The molecule has 0 bridgehead atoms. The van der Waals surface area contributed by atoms with Crippen LogP contribution in [0, 0.1) is 0 Å². The SMILES string of the molecule is c1csc(N(c2ccc3ccccc3c2)c2ccc3ccc4c(N(c5ccc6ccccc6c5)c5cccs5)ccc5ccc2c3c54)c1. The van der Waals surface area contributed by atoms with Crippen molar-refractivity contribution in [2.75, 3.05) is 9.80 Å². The highest BCUT2D eigenvalue weighted by atomic mass is 32.1. The van der Waals surface area contributed by atoms with Crippen LogP contribution in [0.5, 0.6) is 0 Å². The van der Waals surface area contributed by atoms with E-state index in [0.717, 1.165) is 11.4 Å². The molecule has 48 heavy (non-hydrogen) atoms. The molecule has 2 aromatic heterocycles. The summed E-state index contributed by atoms with van der Waals surface area (Å²) in [5, 5.41) is 19.3. The molecule has 0 fully saturated rings. The highest BCUT2D eigenvalue weighted by molar-refractivity contribution is 7.14. The molecule has 0 atom stereocenters. The van der Waals surface area contributed by atoms with Crippen molar-refractivity contribution in [1.82, 2.24) is 0 Å². The van der Waals surface area contributed by atoms with Gasteiger partial charge in [0.15, 0.2) is 0 Å². The minimum Gasteiger partial charge on any atom is -0.301 e. The lowest BCUT2D eigenvalue weighted by Gasteiger charge is -2.28. The van der Waals surface area contributed by atoms with Gasteiger partial charge in [0, 0.05) is 22.1 Å². The monoisotopic (exact) mass is 648 g/mol. The number of anilines is 6. The van der Waals surface area contributed by atoms with Crippen LogP contribution in [-0.2, 0) is 0 Å². The predicted molar refractivity (Wildman–Crippen MR) is 210 cm³/mol. The van der Waals surface area contributed by atoms with Gasteiger partial charge in [0.05, 0.1) is 21.4 Å². The molecule has 4 heteroatoms. The number of hydrogen-bond donors (Lipinski definition) is 0. The molecule has 0 aliphatic carbocycles. The average Bonchev–Trinajstić information content (AvgIpc) is 3.88. The van der Waals surface area contributed by atoms with Crippen LogP contribution in [-0.4, -0.2) is 0 Å². The maximum Gasteiger partial charge on any atom is 0.0999 e. The molecule has 226 valence electrons. The van der Waals surface area contributed by atoms with Crippen LogP contribution in [0.4, 0.5) is 32.8 Å². The third-order valence-electron chi connectivity index (χ3n) is 9.54. The molecule has 0 spiro atoms. The van der Waals surface area contributed by atoms with Crippen molar-refractivity contribution in [2.24, 2.45) is 0 Å². The lowest BCUT2D eigenvalue weighted by Crippen LogP contribution is -2.10. The van der Waals surface area contributed by atoms with Gasteiger partial charge in [-0.05, 0) is 115 Å². The van der Waals surface area contributed by atoms with E-state index < -0.39 is 0 Å². The maximum atomic E-state index is 2.43. The van der Waals surface area contributed by atoms with E-state index in [1.165, 1.54) is 75.2 Å². The van der Waals surface area contributed by atoms with Crippen LogP contribution < -0.4 is 9.80 Å². The van der Waals surface area contributed by atoms with Gasteiger partial charge in [-0.1, -0.05) is 97.1 Å². The second-order valence-electron chi connectivity index (χ2n) is 12.2. The van der Waals surface area contributed by atoms with Gasteiger partial charge < -0.3 is 9.80 Å². The normalized spacial score (nSPS) is 11.8. The summed E-state index contributed by atoms with van der Waals surface area (Å²) in [5.41, 5.74) is 4.69. The summed E-state index contributed by atoms with van der Waals surface area (Å²) in [4.78, 5) is 4.86. The molecule has 2 heterocycles. The van der Waals surface area contributed by atoms with E-state index >= 15 is 0 Å². The Kier molecular flexibility index (Phi) is 6.26. The molecular weight excluding hydrogens is 621 g/mol. The summed E-state index contributed by atoms with van der Waals surface area (Å²) in [6, 6.07) is 58.0. The summed E-state index contributed by atoms with van der Waals surface area (Å²) in [6.07, 6.45) is 0. The van der Waals surface area contributed by atoms with E-state index in [2.05, 4.69) is 178 Å². The Balaban J connectivity index is 1.22. The zero-order chi connectivity index (χ0) is 31.6. The molecule has 0 unspecified atom stereocenters. The van der Waals surface area contributed by atoms with E-state index in [4.69, 9.17) is 0 Å². The van der Waals surface area contributed by atoms with E-state index in [-0.39, 0.29) is 0 Å². The van der Waals surface area contributed by atoms with Gasteiger partial charge in [-0.15, -0.1) is 22.7 Å². The van der Waals surface area contributed by atoms with Crippen LogP contribution in [0.15, 0.2) is 168 Å². The number of thiophene rings is 2. The first kappa shape index (κ1) is 27.4. The number of fused-ring (bicyclic) bond motifs is 2. The van der Waals surface area contributed by atoms with Gasteiger partial charge in [0.1, 0.15) is 0 Å². The predicted octanol–water partition coefficient (Wildman–Crippen LogP) is 14.0. The van der Waals surface area contributed by atoms with Crippen molar-refractivity contribution in [1.29, 1.82) is 0 Å². The van der Waals surface area contributed by atoms with Crippen molar-refractivity contribution in [2.45, 2.75) is 0 Å². The zero-order valence-corrected chi connectivity index (χ0v) is 27.5. The highest BCUT2D eigenvalue weighted by Gasteiger charge is 2.22. The average molecular weight is 649 g/mol. The van der Waals surface area contributed by atoms with Crippen molar-refractivity contribution < 1.29 is 0 Å². The standard InChI is InChI=1S/C44H28N2S2/c1-3-9-33-27-35(19-13-29(33)7-1)45(41-11-5-25-47-41)39-23-17-31-16-22-38-40(24-18-32-15-21-37(39)43(31)44(32)38)46(42-12-6-26-48-42)36-20-14-30-8-2-4-10-34(30)28-36/h1-28H. The highest BCUT2D eigenvalue weighted by Crippen LogP contribution is 2.48. The van der Waals surface area contributed by atoms with Crippen molar-refractivity contribution in [3.8, 4) is 0 Å². The number of hydrogen-bond acceptors (Lipinski definition) is 4. The van der Waals surface area contributed by atoms with Gasteiger partial charge in [-0.3, -0.25) is 0 Å². The first-order chi connectivity index (χ1) is 23.8. The summed E-state index contributed by atoms with van der Waals surface area (Å²) in [5.74, 6) is 0. The largest absolute Gasteiger partial charge is 0.301 e. The minimum atomic E-state index is 1.16. The number of rotatable bonds is 6. The van der Waals surface area contributed by atoms with E-state index in [0.29, 0.717) is 0 Å². The summed E-state index contributed by atoms with van der Waals surface area (Å²) < 4.78 is 0. The second kappa shape index (κ2) is 11.0. The Hall–Kier alpha value is -5.68.